The van der Waals surface area contributed by atoms with Crippen molar-refractivity contribution in [2.45, 2.75) is 31.7 Å². The third-order valence-corrected chi connectivity index (χ3v) is 1.83. The van der Waals surface area contributed by atoms with Gasteiger partial charge in [0, 0.05) is 6.04 Å². The van der Waals surface area contributed by atoms with Gasteiger partial charge in [-0.2, -0.15) is 0 Å². The van der Waals surface area contributed by atoms with Crippen molar-refractivity contribution in [1.29, 1.82) is 0 Å². The summed E-state index contributed by atoms with van der Waals surface area (Å²) in [5.74, 6) is 0. The fourth-order valence-electron chi connectivity index (χ4n) is 1.25. The van der Waals surface area contributed by atoms with E-state index in [1.165, 1.54) is 12.8 Å². The maximum Gasteiger partial charge on any atom is 0.106 e. The van der Waals surface area contributed by atoms with Crippen LogP contribution in [0.25, 0.3) is 0 Å². The van der Waals surface area contributed by atoms with E-state index in [4.69, 9.17) is 5.73 Å². The van der Waals surface area contributed by atoms with Crippen LogP contribution in [0.2, 0.25) is 0 Å². The molecule has 0 heterocycles. The second-order valence-corrected chi connectivity index (χ2v) is 2.62. The van der Waals surface area contributed by atoms with Gasteiger partial charge in [-0.05, 0) is 19.3 Å². The molecule has 0 aromatic rings. The Morgan fingerprint density at radius 3 is 2.82 bits per heavy atom. The van der Waals surface area contributed by atoms with E-state index in [0.29, 0.717) is 0 Å². The van der Waals surface area contributed by atoms with Crippen molar-refractivity contribution in [3.8, 4) is 0 Å². The summed E-state index contributed by atoms with van der Waals surface area (Å²) in [6.45, 7) is 0. The summed E-state index contributed by atoms with van der Waals surface area (Å²) in [5, 5.41) is 3.86. The van der Waals surface area contributed by atoms with E-state index in [0.717, 1.165) is 18.6 Å². The highest BCUT2D eigenvalue weighted by atomic mass is 35.5. The summed E-state index contributed by atoms with van der Waals surface area (Å²) < 4.78 is 0. The van der Waals surface area contributed by atoms with Crippen molar-refractivity contribution in [1.82, 2.24) is 0 Å². The van der Waals surface area contributed by atoms with Crippen molar-refractivity contribution in [2.24, 2.45) is 10.9 Å². The zero-order chi connectivity index (χ0) is 7.40. The molecule has 11 heavy (non-hydrogen) atoms. The maximum absolute atomic E-state index is 5.75. The Labute approximate surface area is 73.4 Å². The zero-order valence-corrected chi connectivity index (χ0v) is 7.56. The van der Waals surface area contributed by atoms with E-state index < -0.39 is 0 Å². The number of hydrogen-bond donors (Lipinski definition) is 1. The van der Waals surface area contributed by atoms with Crippen LogP contribution in [0.4, 0.5) is 0 Å². The second kappa shape index (κ2) is 5.38. The van der Waals surface area contributed by atoms with Crippen LogP contribution in [-0.4, -0.2) is 18.9 Å². The van der Waals surface area contributed by atoms with Gasteiger partial charge in [0.2, 0.25) is 0 Å². The molecule has 1 aliphatic carbocycles. The molecule has 1 rings (SSSR count). The first-order chi connectivity index (χ1) is 4.84. The van der Waals surface area contributed by atoms with Gasteiger partial charge in [-0.15, -0.1) is 12.4 Å². The van der Waals surface area contributed by atoms with E-state index >= 15 is 0 Å². The number of oxime groups is 1. The molecule has 0 aliphatic heterocycles. The predicted octanol–water partition coefficient (Wildman–Crippen LogP) is 1.31. The van der Waals surface area contributed by atoms with Gasteiger partial charge in [0.1, 0.15) is 7.11 Å². The topological polar surface area (TPSA) is 47.6 Å². The Morgan fingerprint density at radius 2 is 2.27 bits per heavy atom. The van der Waals surface area contributed by atoms with Crippen LogP contribution >= 0.6 is 12.4 Å². The zero-order valence-electron chi connectivity index (χ0n) is 6.75. The van der Waals surface area contributed by atoms with Gasteiger partial charge >= 0.3 is 0 Å². The van der Waals surface area contributed by atoms with E-state index in [-0.39, 0.29) is 18.4 Å². The van der Waals surface area contributed by atoms with E-state index in [1.807, 2.05) is 0 Å². The Kier molecular flexibility index (Phi) is 5.24. The SMILES string of the molecule is CO/N=C1\CCCCC1N.Cl. The summed E-state index contributed by atoms with van der Waals surface area (Å²) in [7, 11) is 1.56. The third-order valence-electron chi connectivity index (χ3n) is 1.83. The fraction of sp³-hybridized carbons (Fsp3) is 0.857. The van der Waals surface area contributed by atoms with Gasteiger partial charge in [0.15, 0.2) is 0 Å². The lowest BCUT2D eigenvalue weighted by Crippen LogP contribution is -2.33. The summed E-state index contributed by atoms with van der Waals surface area (Å²) in [6, 6.07) is 0.147. The van der Waals surface area contributed by atoms with Gasteiger partial charge in [-0.25, -0.2) is 0 Å². The molecular weight excluding hydrogens is 164 g/mol. The number of hydrogen-bond acceptors (Lipinski definition) is 3. The molecule has 0 spiro atoms. The van der Waals surface area contributed by atoms with Crippen LogP contribution in [0.3, 0.4) is 0 Å². The summed E-state index contributed by atoms with van der Waals surface area (Å²) in [5.41, 5.74) is 6.78. The van der Waals surface area contributed by atoms with Gasteiger partial charge < -0.3 is 10.6 Å². The van der Waals surface area contributed by atoms with Crippen LogP contribution in [0.1, 0.15) is 25.7 Å². The molecule has 3 nitrogen and oxygen atoms in total. The highest BCUT2D eigenvalue weighted by Crippen LogP contribution is 2.13. The molecule has 4 heteroatoms. The highest BCUT2D eigenvalue weighted by molar-refractivity contribution is 5.89. The second-order valence-electron chi connectivity index (χ2n) is 2.62. The normalized spacial score (nSPS) is 27.8. The molecule has 1 fully saturated rings. The van der Waals surface area contributed by atoms with Gasteiger partial charge in [-0.1, -0.05) is 11.6 Å². The van der Waals surface area contributed by atoms with E-state index in [9.17, 15) is 0 Å². The minimum Gasteiger partial charge on any atom is -0.399 e. The van der Waals surface area contributed by atoms with Crippen LogP contribution in [0.5, 0.6) is 0 Å². The third kappa shape index (κ3) is 3.08. The van der Waals surface area contributed by atoms with E-state index in [2.05, 4.69) is 9.99 Å². The standard InChI is InChI=1S/C7H14N2O.ClH/c1-10-9-7-5-3-2-4-6(7)8;/h6H,2-5,8H2,1H3;1H/b9-7+;. The molecule has 0 bridgehead atoms. The number of nitrogens with two attached hydrogens (primary N) is 1. The first kappa shape index (κ1) is 10.7. The fourth-order valence-corrected chi connectivity index (χ4v) is 1.25. The van der Waals surface area contributed by atoms with Gasteiger partial charge in [0.05, 0.1) is 5.71 Å². The minimum atomic E-state index is 0. The van der Waals surface area contributed by atoms with Crippen LogP contribution in [-0.2, 0) is 4.84 Å². The smallest absolute Gasteiger partial charge is 0.106 e. The quantitative estimate of drug-likeness (QED) is 0.616. The van der Waals surface area contributed by atoms with Crippen molar-refractivity contribution in [3.05, 3.63) is 0 Å². The van der Waals surface area contributed by atoms with Crippen molar-refractivity contribution in [2.75, 3.05) is 7.11 Å². The lowest BCUT2D eigenvalue weighted by Gasteiger charge is -2.18. The molecule has 2 N–H and O–H groups in total. The monoisotopic (exact) mass is 178 g/mol. The molecule has 1 aliphatic rings. The largest absolute Gasteiger partial charge is 0.399 e. The molecule has 1 unspecified atom stereocenters. The summed E-state index contributed by atoms with van der Waals surface area (Å²) in [6.07, 6.45) is 4.50. The molecule has 0 radical (unpaired) electrons. The first-order valence-electron chi connectivity index (χ1n) is 3.70. The lowest BCUT2D eigenvalue weighted by atomic mass is 9.94. The van der Waals surface area contributed by atoms with Gasteiger partial charge in [-0.3, -0.25) is 0 Å². The molecule has 1 saturated carbocycles. The molecule has 0 amide bonds. The molecular formula is C7H15ClN2O. The number of halogens is 1. The van der Waals surface area contributed by atoms with Crippen LogP contribution < -0.4 is 5.73 Å². The molecule has 66 valence electrons. The Bertz CT molecular complexity index is 138. The minimum absolute atomic E-state index is 0. The van der Waals surface area contributed by atoms with Crippen molar-refractivity contribution in [3.63, 3.8) is 0 Å². The first-order valence-corrected chi connectivity index (χ1v) is 3.70. The lowest BCUT2D eigenvalue weighted by molar-refractivity contribution is 0.210. The molecule has 0 aromatic heterocycles. The predicted molar refractivity (Wildman–Crippen MR) is 48.1 cm³/mol. The Hall–Kier alpha value is -0.280. The van der Waals surface area contributed by atoms with Crippen molar-refractivity contribution < 1.29 is 4.84 Å². The summed E-state index contributed by atoms with van der Waals surface area (Å²) >= 11 is 0. The van der Waals surface area contributed by atoms with Crippen LogP contribution in [0, 0.1) is 0 Å². The van der Waals surface area contributed by atoms with Crippen LogP contribution in [0.15, 0.2) is 5.16 Å². The summed E-state index contributed by atoms with van der Waals surface area (Å²) in [4.78, 5) is 4.66. The Balaban J connectivity index is 0.000001000. The van der Waals surface area contributed by atoms with Gasteiger partial charge in [0.25, 0.3) is 0 Å². The number of rotatable bonds is 1. The highest BCUT2D eigenvalue weighted by Gasteiger charge is 2.16. The average molecular weight is 179 g/mol. The van der Waals surface area contributed by atoms with E-state index in [1.54, 1.807) is 7.11 Å². The number of nitrogens with zero attached hydrogens (tertiary/aromatic N) is 1. The average Bonchev–Trinajstić information content (AvgIpc) is 1.94. The molecule has 0 saturated heterocycles. The van der Waals surface area contributed by atoms with Crippen molar-refractivity contribution >= 4 is 18.1 Å². The molecule has 1 atom stereocenters. The maximum atomic E-state index is 5.75. The Morgan fingerprint density at radius 1 is 1.55 bits per heavy atom. The molecule has 0 aromatic carbocycles.